The van der Waals surface area contributed by atoms with Crippen molar-refractivity contribution < 1.29 is 4.84 Å². The Morgan fingerprint density at radius 2 is 1.93 bits per heavy atom. The van der Waals surface area contributed by atoms with Gasteiger partial charge in [-0.25, -0.2) is 5.90 Å². The van der Waals surface area contributed by atoms with Gasteiger partial charge >= 0.3 is 0 Å². The van der Waals surface area contributed by atoms with Gasteiger partial charge < -0.3 is 0 Å². The molecule has 2 heteroatoms. The van der Waals surface area contributed by atoms with Crippen LogP contribution in [0, 0.1) is 0 Å². The summed E-state index contributed by atoms with van der Waals surface area (Å²) in [5, 5.41) is 0. The zero-order valence-corrected chi connectivity index (χ0v) is 8.79. The van der Waals surface area contributed by atoms with Crippen LogP contribution in [0.1, 0.15) is 43.7 Å². The Balaban J connectivity index is 2.40. The number of hydrogen-bond acceptors (Lipinski definition) is 2. The highest BCUT2D eigenvalue weighted by Gasteiger charge is 2.31. The fourth-order valence-corrected chi connectivity index (χ4v) is 1.86. The van der Waals surface area contributed by atoms with Crippen LogP contribution in [-0.4, -0.2) is 0 Å². The lowest BCUT2D eigenvalue weighted by Gasteiger charge is -2.25. The lowest BCUT2D eigenvalue weighted by molar-refractivity contribution is -0.0242. The first-order valence-electron chi connectivity index (χ1n) is 5.12. The van der Waals surface area contributed by atoms with Gasteiger partial charge in [-0.05, 0) is 43.7 Å². The van der Waals surface area contributed by atoms with Crippen molar-refractivity contribution in [3.63, 3.8) is 0 Å². The molecule has 1 aromatic rings. The first-order chi connectivity index (χ1) is 6.65. The van der Waals surface area contributed by atoms with Gasteiger partial charge in [-0.3, -0.25) is 4.84 Å². The summed E-state index contributed by atoms with van der Waals surface area (Å²) in [6, 6.07) is 8.43. The predicted molar refractivity (Wildman–Crippen MR) is 56.7 cm³/mol. The molecule has 1 fully saturated rings. The fourth-order valence-electron chi connectivity index (χ4n) is 1.86. The summed E-state index contributed by atoms with van der Waals surface area (Å²) in [5.41, 5.74) is 2.26. The molecule has 2 nitrogen and oxygen atoms in total. The largest absolute Gasteiger partial charge is 0.294 e. The van der Waals surface area contributed by atoms with E-state index in [0.717, 1.165) is 5.92 Å². The molecule has 0 bridgehead atoms. The third-order valence-corrected chi connectivity index (χ3v) is 2.92. The number of benzene rings is 1. The van der Waals surface area contributed by atoms with E-state index in [0.29, 0.717) is 0 Å². The lowest BCUT2D eigenvalue weighted by Crippen LogP contribution is -2.26. The molecule has 0 spiro atoms. The normalized spacial score (nSPS) is 17.1. The second kappa shape index (κ2) is 3.37. The summed E-state index contributed by atoms with van der Waals surface area (Å²) in [6.07, 6.45) is 2.61. The van der Waals surface area contributed by atoms with Crippen molar-refractivity contribution in [2.75, 3.05) is 0 Å². The topological polar surface area (TPSA) is 35.2 Å². The van der Waals surface area contributed by atoms with Gasteiger partial charge in [0, 0.05) is 0 Å². The molecular formula is C12H17NO. The average molecular weight is 191 g/mol. The lowest BCUT2D eigenvalue weighted by atomic mass is 9.91. The Labute approximate surface area is 85.0 Å². The molecule has 0 saturated heterocycles. The Kier molecular flexibility index (Phi) is 2.33. The van der Waals surface area contributed by atoms with Crippen molar-refractivity contribution in [3.8, 4) is 0 Å². The van der Waals surface area contributed by atoms with Gasteiger partial charge in [0.2, 0.25) is 0 Å². The summed E-state index contributed by atoms with van der Waals surface area (Å²) in [6.45, 7) is 4.02. The molecule has 76 valence electrons. The fraction of sp³-hybridized carbons (Fsp3) is 0.500. The molecule has 1 aliphatic carbocycles. The van der Waals surface area contributed by atoms with E-state index in [9.17, 15) is 0 Å². The first-order valence-corrected chi connectivity index (χ1v) is 5.12. The maximum Gasteiger partial charge on any atom is 0.109 e. The summed E-state index contributed by atoms with van der Waals surface area (Å²) in [5.74, 6) is 6.06. The minimum absolute atomic E-state index is 0.376. The predicted octanol–water partition coefficient (Wildman–Crippen LogP) is 2.69. The molecule has 1 aromatic carbocycles. The second-order valence-electron chi connectivity index (χ2n) is 4.49. The molecule has 0 unspecified atom stereocenters. The van der Waals surface area contributed by atoms with Gasteiger partial charge in [-0.2, -0.15) is 0 Å². The minimum Gasteiger partial charge on any atom is -0.294 e. The van der Waals surface area contributed by atoms with E-state index in [1.807, 2.05) is 19.9 Å². The summed E-state index contributed by atoms with van der Waals surface area (Å²) < 4.78 is 0. The molecule has 0 aromatic heterocycles. The molecule has 0 aliphatic heterocycles. The van der Waals surface area contributed by atoms with Crippen molar-refractivity contribution in [3.05, 3.63) is 35.4 Å². The van der Waals surface area contributed by atoms with Crippen molar-refractivity contribution in [1.29, 1.82) is 0 Å². The van der Waals surface area contributed by atoms with Crippen LogP contribution < -0.4 is 5.90 Å². The number of rotatable bonds is 3. The van der Waals surface area contributed by atoms with Crippen LogP contribution in [0.15, 0.2) is 24.3 Å². The average Bonchev–Trinajstić information content (AvgIpc) is 3.01. The van der Waals surface area contributed by atoms with E-state index in [1.165, 1.54) is 24.0 Å². The Morgan fingerprint density at radius 3 is 2.50 bits per heavy atom. The van der Waals surface area contributed by atoms with Gasteiger partial charge in [0.15, 0.2) is 0 Å². The zero-order valence-electron chi connectivity index (χ0n) is 8.79. The van der Waals surface area contributed by atoms with Crippen molar-refractivity contribution in [1.82, 2.24) is 0 Å². The summed E-state index contributed by atoms with van der Waals surface area (Å²) >= 11 is 0. The maximum atomic E-state index is 5.33. The van der Waals surface area contributed by atoms with Gasteiger partial charge in [-0.15, -0.1) is 0 Å². The first kappa shape index (κ1) is 9.69. The smallest absolute Gasteiger partial charge is 0.109 e. The van der Waals surface area contributed by atoms with Crippen LogP contribution in [0.2, 0.25) is 0 Å². The van der Waals surface area contributed by atoms with Gasteiger partial charge in [0.25, 0.3) is 0 Å². The highest BCUT2D eigenvalue weighted by molar-refractivity contribution is 5.36. The zero-order chi connectivity index (χ0) is 10.2. The van der Waals surface area contributed by atoms with Gasteiger partial charge in [0.05, 0.1) is 0 Å². The highest BCUT2D eigenvalue weighted by Crippen LogP contribution is 2.44. The van der Waals surface area contributed by atoms with E-state index >= 15 is 0 Å². The van der Waals surface area contributed by atoms with E-state index in [2.05, 4.69) is 18.2 Å². The molecule has 0 atom stereocenters. The molecule has 1 saturated carbocycles. The Morgan fingerprint density at radius 1 is 1.29 bits per heavy atom. The quantitative estimate of drug-likeness (QED) is 0.745. The molecule has 2 rings (SSSR count). The maximum absolute atomic E-state index is 5.33. The Hall–Kier alpha value is -0.860. The Bertz CT molecular complexity index is 329. The van der Waals surface area contributed by atoms with Crippen LogP contribution in [0.3, 0.4) is 0 Å². The van der Waals surface area contributed by atoms with Gasteiger partial charge in [-0.1, -0.05) is 24.3 Å². The van der Waals surface area contributed by atoms with Crippen LogP contribution in [0.5, 0.6) is 0 Å². The van der Waals surface area contributed by atoms with Crippen molar-refractivity contribution in [2.45, 2.75) is 38.2 Å². The molecule has 2 N–H and O–H groups in total. The van der Waals surface area contributed by atoms with Crippen molar-refractivity contribution >= 4 is 0 Å². The molecule has 0 amide bonds. The molecule has 1 aliphatic rings. The SMILES string of the molecule is CC(C)(ON)c1ccccc1C1CC1. The van der Waals surface area contributed by atoms with E-state index in [4.69, 9.17) is 10.7 Å². The summed E-state index contributed by atoms with van der Waals surface area (Å²) in [4.78, 5) is 5.04. The second-order valence-corrected chi connectivity index (χ2v) is 4.49. The molecule has 0 heterocycles. The third-order valence-electron chi connectivity index (χ3n) is 2.92. The van der Waals surface area contributed by atoms with Crippen LogP contribution >= 0.6 is 0 Å². The van der Waals surface area contributed by atoms with Crippen molar-refractivity contribution in [2.24, 2.45) is 5.90 Å². The van der Waals surface area contributed by atoms with Crippen LogP contribution in [0.25, 0.3) is 0 Å². The molecule has 0 radical (unpaired) electrons. The number of nitrogens with two attached hydrogens (primary N) is 1. The number of hydrogen-bond donors (Lipinski definition) is 1. The van der Waals surface area contributed by atoms with E-state index in [1.54, 1.807) is 0 Å². The third kappa shape index (κ3) is 1.68. The molecule has 14 heavy (non-hydrogen) atoms. The van der Waals surface area contributed by atoms with Crippen LogP contribution in [0.4, 0.5) is 0 Å². The van der Waals surface area contributed by atoms with Crippen LogP contribution in [-0.2, 0) is 10.4 Å². The van der Waals surface area contributed by atoms with E-state index in [-0.39, 0.29) is 5.60 Å². The monoisotopic (exact) mass is 191 g/mol. The highest BCUT2D eigenvalue weighted by atomic mass is 16.6. The van der Waals surface area contributed by atoms with E-state index < -0.39 is 0 Å². The minimum atomic E-state index is -0.376. The molecular weight excluding hydrogens is 174 g/mol. The van der Waals surface area contributed by atoms with Gasteiger partial charge in [0.1, 0.15) is 5.60 Å². The standard InChI is InChI=1S/C12H17NO/c1-12(2,14-13)11-6-4-3-5-10(11)9-7-8-9/h3-6,9H,7-8,13H2,1-2H3. The summed E-state index contributed by atoms with van der Waals surface area (Å²) in [7, 11) is 0.